The van der Waals surface area contributed by atoms with E-state index in [9.17, 15) is 18.8 Å². The smallest absolute Gasteiger partial charge is 0.247 e. The van der Waals surface area contributed by atoms with Gasteiger partial charge in [0, 0.05) is 36.6 Å². The van der Waals surface area contributed by atoms with Crippen molar-refractivity contribution < 1.29 is 18.8 Å². The largest absolute Gasteiger partial charge is 0.351 e. The van der Waals surface area contributed by atoms with Crippen LogP contribution in [0.25, 0.3) is 0 Å². The molecule has 0 saturated heterocycles. The second kappa shape index (κ2) is 14.6. The molecule has 40 heavy (non-hydrogen) atoms. The third kappa shape index (κ3) is 8.61. The number of carbonyl (C=O) groups excluding carboxylic acids is 3. The maximum atomic E-state index is 13.8. The molecular weight excluding hydrogens is 531 g/mol. The lowest BCUT2D eigenvalue weighted by Crippen LogP contribution is -2.46. The van der Waals surface area contributed by atoms with Crippen molar-refractivity contribution in [1.29, 1.82) is 0 Å². The predicted octanol–water partition coefficient (Wildman–Crippen LogP) is 6.20. The van der Waals surface area contributed by atoms with E-state index < -0.39 is 6.04 Å². The highest BCUT2D eigenvalue weighted by atomic mass is 35.5. The summed E-state index contributed by atoms with van der Waals surface area (Å²) in [7, 11) is 0. The van der Waals surface area contributed by atoms with Crippen LogP contribution in [0.5, 0.6) is 0 Å². The number of hydrogen-bond acceptors (Lipinski definition) is 4. The number of rotatable bonds is 11. The average Bonchev–Trinajstić information content (AvgIpc) is 2.96. The third-order valence-electron chi connectivity index (χ3n) is 7.01. The number of carbonyl (C=O) groups is 3. The summed E-state index contributed by atoms with van der Waals surface area (Å²) in [4.78, 5) is 45.6. The summed E-state index contributed by atoms with van der Waals surface area (Å²) in [5.74, 6) is -0.740. The fraction of sp³-hybridized carbons (Fsp3) is 0.355. The highest BCUT2D eigenvalue weighted by Crippen LogP contribution is 2.28. The van der Waals surface area contributed by atoms with Crippen molar-refractivity contribution in [2.45, 2.75) is 70.0 Å². The van der Waals surface area contributed by atoms with Crippen LogP contribution >= 0.6 is 11.6 Å². The molecule has 0 bridgehead atoms. The van der Waals surface area contributed by atoms with Gasteiger partial charge >= 0.3 is 0 Å². The lowest BCUT2D eigenvalue weighted by atomic mass is 9.94. The molecule has 1 aromatic heterocycles. The summed E-state index contributed by atoms with van der Waals surface area (Å²) in [6.07, 6.45) is 7.09. The molecule has 0 radical (unpaired) electrons. The van der Waals surface area contributed by atoms with Crippen LogP contribution < -0.4 is 10.6 Å². The minimum Gasteiger partial charge on any atom is -0.351 e. The van der Waals surface area contributed by atoms with Gasteiger partial charge in [0.25, 0.3) is 0 Å². The molecule has 0 aliphatic heterocycles. The maximum Gasteiger partial charge on any atom is 0.247 e. The van der Waals surface area contributed by atoms with Gasteiger partial charge in [-0.25, -0.2) is 9.37 Å². The molecular formula is C31H34ClFN4O3. The number of aromatic nitrogens is 1. The van der Waals surface area contributed by atoms with Gasteiger partial charge < -0.3 is 15.5 Å². The standard InChI is InChI=1S/C31H34ClFN4O3/c32-24-16-14-23(15-17-24)30(31(40)35-26-7-2-1-3-8-26)37(21-22-12-18-25(33)19-13-22)29(39)11-6-10-28(38)36-27-9-4-5-20-34-27/h4-5,9,12-20,26,30H,1-3,6-8,10-11,21H2,(H,35,40)(H,34,36,38)/t30-/m0/s1. The number of nitrogens with zero attached hydrogens (tertiary/aromatic N) is 2. The number of hydrogen-bond donors (Lipinski definition) is 2. The first-order valence-corrected chi connectivity index (χ1v) is 14.1. The molecule has 1 aliphatic rings. The van der Waals surface area contributed by atoms with Gasteiger partial charge in [0.05, 0.1) is 0 Å². The highest BCUT2D eigenvalue weighted by molar-refractivity contribution is 6.30. The summed E-state index contributed by atoms with van der Waals surface area (Å²) >= 11 is 6.14. The van der Waals surface area contributed by atoms with Gasteiger partial charge in [-0.15, -0.1) is 0 Å². The van der Waals surface area contributed by atoms with Gasteiger partial charge in [-0.2, -0.15) is 0 Å². The van der Waals surface area contributed by atoms with E-state index in [1.807, 2.05) is 0 Å². The third-order valence-corrected chi connectivity index (χ3v) is 7.26. The van der Waals surface area contributed by atoms with Crippen molar-refractivity contribution in [2.24, 2.45) is 0 Å². The number of benzene rings is 2. The topological polar surface area (TPSA) is 91.4 Å². The van der Waals surface area contributed by atoms with Crippen LogP contribution in [0, 0.1) is 5.82 Å². The Bertz CT molecular complexity index is 1270. The zero-order valence-electron chi connectivity index (χ0n) is 22.3. The molecule has 3 aromatic rings. The van der Waals surface area contributed by atoms with E-state index in [1.54, 1.807) is 60.8 Å². The normalized spacial score (nSPS) is 14.2. The van der Waals surface area contributed by atoms with Crippen LogP contribution in [0.3, 0.4) is 0 Å². The van der Waals surface area contributed by atoms with Crippen LogP contribution in [0.1, 0.15) is 68.5 Å². The Hall–Kier alpha value is -3.78. The Labute approximate surface area is 239 Å². The van der Waals surface area contributed by atoms with E-state index >= 15 is 0 Å². The summed E-state index contributed by atoms with van der Waals surface area (Å²) in [6, 6.07) is 17.1. The first kappa shape index (κ1) is 29.2. The van der Waals surface area contributed by atoms with E-state index in [2.05, 4.69) is 15.6 Å². The molecule has 9 heteroatoms. The van der Waals surface area contributed by atoms with Crippen molar-refractivity contribution in [3.63, 3.8) is 0 Å². The van der Waals surface area contributed by atoms with Crippen molar-refractivity contribution in [2.75, 3.05) is 5.32 Å². The van der Waals surface area contributed by atoms with Crippen LogP contribution in [-0.4, -0.2) is 33.6 Å². The number of pyridine rings is 1. The van der Waals surface area contributed by atoms with Gasteiger partial charge in [0.2, 0.25) is 17.7 Å². The minimum absolute atomic E-state index is 0.0501. The first-order chi connectivity index (χ1) is 19.4. The fourth-order valence-corrected chi connectivity index (χ4v) is 5.07. The molecule has 7 nitrogen and oxygen atoms in total. The molecule has 2 aromatic carbocycles. The monoisotopic (exact) mass is 564 g/mol. The Morgan fingerprint density at radius 1 is 0.950 bits per heavy atom. The van der Waals surface area contributed by atoms with Gasteiger partial charge in [-0.3, -0.25) is 14.4 Å². The highest BCUT2D eigenvalue weighted by Gasteiger charge is 2.33. The summed E-state index contributed by atoms with van der Waals surface area (Å²) < 4.78 is 13.6. The second-order valence-electron chi connectivity index (χ2n) is 10.1. The van der Waals surface area contributed by atoms with Crippen LogP contribution in [0.15, 0.2) is 72.9 Å². The van der Waals surface area contributed by atoms with Gasteiger partial charge in [0.15, 0.2) is 0 Å². The van der Waals surface area contributed by atoms with E-state index in [-0.39, 0.29) is 55.4 Å². The van der Waals surface area contributed by atoms with Gasteiger partial charge in [-0.05, 0) is 66.8 Å². The van der Waals surface area contributed by atoms with Crippen LogP contribution in [0.2, 0.25) is 5.02 Å². The van der Waals surface area contributed by atoms with E-state index in [0.717, 1.165) is 32.1 Å². The molecule has 4 rings (SSSR count). The summed E-state index contributed by atoms with van der Waals surface area (Å²) in [5, 5.41) is 6.41. The number of amides is 3. The zero-order valence-corrected chi connectivity index (χ0v) is 23.1. The number of nitrogens with one attached hydrogen (secondary N) is 2. The molecule has 1 heterocycles. The van der Waals surface area contributed by atoms with Crippen molar-refractivity contribution >= 4 is 35.1 Å². The van der Waals surface area contributed by atoms with Crippen molar-refractivity contribution in [3.05, 3.63) is 94.9 Å². The number of halogens is 2. The molecule has 1 atom stereocenters. The SMILES string of the molecule is O=C(CCCC(=O)N(Cc1ccc(F)cc1)[C@H](C(=O)NC1CCCCC1)c1ccc(Cl)cc1)Nc1ccccn1. The summed E-state index contributed by atoms with van der Waals surface area (Å²) in [5.41, 5.74) is 1.31. The molecule has 2 N–H and O–H groups in total. The number of anilines is 1. The molecule has 210 valence electrons. The molecule has 3 amide bonds. The van der Waals surface area contributed by atoms with Crippen LogP contribution in [0.4, 0.5) is 10.2 Å². The lowest BCUT2D eigenvalue weighted by Gasteiger charge is -2.33. The molecule has 1 aliphatic carbocycles. The Kier molecular flexibility index (Phi) is 10.6. The maximum absolute atomic E-state index is 13.8. The van der Waals surface area contributed by atoms with Gasteiger partial charge in [0.1, 0.15) is 17.7 Å². The molecule has 0 unspecified atom stereocenters. The van der Waals surface area contributed by atoms with E-state index in [0.29, 0.717) is 22.0 Å². The first-order valence-electron chi connectivity index (χ1n) is 13.7. The molecule has 0 spiro atoms. The zero-order chi connectivity index (χ0) is 28.3. The Morgan fingerprint density at radius 3 is 2.35 bits per heavy atom. The second-order valence-corrected chi connectivity index (χ2v) is 10.5. The Morgan fingerprint density at radius 2 is 1.68 bits per heavy atom. The van der Waals surface area contributed by atoms with Gasteiger partial charge in [-0.1, -0.05) is 61.2 Å². The average molecular weight is 565 g/mol. The Balaban J connectivity index is 1.54. The van der Waals surface area contributed by atoms with Crippen LogP contribution in [-0.2, 0) is 20.9 Å². The predicted molar refractivity (Wildman–Crippen MR) is 153 cm³/mol. The van der Waals surface area contributed by atoms with Crippen molar-refractivity contribution in [1.82, 2.24) is 15.2 Å². The van der Waals surface area contributed by atoms with E-state index in [1.165, 1.54) is 17.0 Å². The fourth-order valence-electron chi connectivity index (χ4n) is 4.94. The van der Waals surface area contributed by atoms with Crippen molar-refractivity contribution in [3.8, 4) is 0 Å². The minimum atomic E-state index is -0.918. The summed E-state index contributed by atoms with van der Waals surface area (Å²) in [6.45, 7) is 0.102. The molecule has 1 fully saturated rings. The lowest BCUT2D eigenvalue weighted by molar-refractivity contribution is -0.142. The molecule has 1 saturated carbocycles. The van der Waals surface area contributed by atoms with E-state index in [4.69, 9.17) is 11.6 Å². The quantitative estimate of drug-likeness (QED) is 0.290.